The highest BCUT2D eigenvalue weighted by Gasteiger charge is 2.29. The van der Waals surface area contributed by atoms with E-state index in [9.17, 15) is 8.42 Å². The maximum absolute atomic E-state index is 12.8. The summed E-state index contributed by atoms with van der Waals surface area (Å²) in [5, 5.41) is 0. The molecule has 0 bridgehead atoms. The minimum Gasteiger partial charge on any atom is -0.398 e. The van der Waals surface area contributed by atoms with Gasteiger partial charge in [-0.25, -0.2) is 8.42 Å². The first-order chi connectivity index (χ1) is 9.85. The van der Waals surface area contributed by atoms with Crippen LogP contribution in [-0.4, -0.2) is 19.8 Å². The third kappa shape index (κ3) is 2.94. The van der Waals surface area contributed by atoms with Crippen molar-refractivity contribution in [3.8, 4) is 0 Å². The fraction of sp³-hybridized carbons (Fsp3) is 0.250. The van der Waals surface area contributed by atoms with Crippen LogP contribution < -0.4 is 5.73 Å². The van der Waals surface area contributed by atoms with E-state index in [1.54, 1.807) is 32.2 Å². The molecule has 0 heterocycles. The van der Waals surface area contributed by atoms with Gasteiger partial charge in [-0.1, -0.05) is 42.5 Å². The molecule has 0 amide bonds. The number of anilines is 1. The Kier molecular flexibility index (Phi) is 4.34. The van der Waals surface area contributed by atoms with E-state index in [-0.39, 0.29) is 16.6 Å². The van der Waals surface area contributed by atoms with Crippen LogP contribution in [0, 0.1) is 6.92 Å². The number of hydrogen-bond donors (Lipinski definition) is 1. The fourth-order valence-corrected chi connectivity index (χ4v) is 3.99. The Labute approximate surface area is 126 Å². The number of benzene rings is 2. The molecule has 2 rings (SSSR count). The highest BCUT2D eigenvalue weighted by molar-refractivity contribution is 7.89. The number of hydrogen-bond acceptors (Lipinski definition) is 3. The Morgan fingerprint density at radius 2 is 1.67 bits per heavy atom. The molecule has 5 heteroatoms. The van der Waals surface area contributed by atoms with E-state index in [2.05, 4.69) is 0 Å². The molecule has 0 saturated heterocycles. The van der Waals surface area contributed by atoms with Gasteiger partial charge in [0.2, 0.25) is 10.0 Å². The number of rotatable bonds is 4. The smallest absolute Gasteiger partial charge is 0.245 e. The van der Waals surface area contributed by atoms with Gasteiger partial charge in [0.1, 0.15) is 4.90 Å². The molecule has 21 heavy (non-hydrogen) atoms. The molecule has 0 spiro atoms. The molecule has 112 valence electrons. The zero-order valence-electron chi connectivity index (χ0n) is 12.4. The van der Waals surface area contributed by atoms with E-state index in [0.717, 1.165) is 5.56 Å². The Morgan fingerprint density at radius 1 is 1.05 bits per heavy atom. The summed E-state index contributed by atoms with van der Waals surface area (Å²) in [5.74, 6) is 0. The van der Waals surface area contributed by atoms with Crippen LogP contribution in [0.5, 0.6) is 0 Å². The Hall–Kier alpha value is -1.85. The molecule has 1 atom stereocenters. The summed E-state index contributed by atoms with van der Waals surface area (Å²) in [4.78, 5) is 0.190. The zero-order valence-corrected chi connectivity index (χ0v) is 13.3. The molecule has 2 N–H and O–H groups in total. The summed E-state index contributed by atoms with van der Waals surface area (Å²) in [6, 6.07) is 14.4. The second-order valence-corrected chi connectivity index (χ2v) is 7.04. The second kappa shape index (κ2) is 5.87. The van der Waals surface area contributed by atoms with Crippen molar-refractivity contribution >= 4 is 15.7 Å². The Morgan fingerprint density at radius 3 is 2.24 bits per heavy atom. The molecule has 2 aromatic carbocycles. The summed E-state index contributed by atoms with van der Waals surface area (Å²) >= 11 is 0. The maximum Gasteiger partial charge on any atom is 0.245 e. The zero-order chi connectivity index (χ0) is 15.6. The topological polar surface area (TPSA) is 63.4 Å². The van der Waals surface area contributed by atoms with Gasteiger partial charge >= 0.3 is 0 Å². The average molecular weight is 304 g/mol. The molecular formula is C16H20N2O2S. The standard InChI is InChI=1S/C16H20N2O2S/c1-12-8-7-11-15(17)16(12)21(19,20)18(3)13(2)14-9-5-4-6-10-14/h4-11,13H,17H2,1-3H3. The van der Waals surface area contributed by atoms with Crippen LogP contribution in [0.3, 0.4) is 0 Å². The first-order valence-corrected chi connectivity index (χ1v) is 8.17. The van der Waals surface area contributed by atoms with Crippen LogP contribution in [0.1, 0.15) is 24.1 Å². The predicted octanol–water partition coefficient (Wildman–Crippen LogP) is 2.96. The number of aryl methyl sites for hydroxylation is 1. The minimum absolute atomic E-state index is 0.190. The van der Waals surface area contributed by atoms with E-state index in [1.807, 2.05) is 37.3 Å². The van der Waals surface area contributed by atoms with Gasteiger partial charge in [-0.05, 0) is 31.0 Å². The first kappa shape index (κ1) is 15.5. The summed E-state index contributed by atoms with van der Waals surface area (Å²) in [6.07, 6.45) is 0. The van der Waals surface area contributed by atoms with E-state index < -0.39 is 10.0 Å². The summed E-state index contributed by atoms with van der Waals surface area (Å²) in [5.41, 5.74) is 7.75. The first-order valence-electron chi connectivity index (χ1n) is 6.73. The number of sulfonamides is 1. The van der Waals surface area contributed by atoms with Crippen molar-refractivity contribution in [3.05, 3.63) is 59.7 Å². The van der Waals surface area contributed by atoms with Crippen molar-refractivity contribution < 1.29 is 8.42 Å². The molecule has 4 nitrogen and oxygen atoms in total. The number of nitrogens with two attached hydrogens (primary N) is 1. The molecule has 0 aromatic heterocycles. The second-order valence-electron chi connectivity index (χ2n) is 5.10. The number of nitrogens with zero attached hydrogens (tertiary/aromatic N) is 1. The van der Waals surface area contributed by atoms with Crippen LogP contribution in [0.15, 0.2) is 53.4 Å². The highest BCUT2D eigenvalue weighted by atomic mass is 32.2. The van der Waals surface area contributed by atoms with Crippen molar-refractivity contribution in [2.75, 3.05) is 12.8 Å². The monoisotopic (exact) mass is 304 g/mol. The van der Waals surface area contributed by atoms with E-state index in [4.69, 9.17) is 5.73 Å². The van der Waals surface area contributed by atoms with Crippen LogP contribution in [0.2, 0.25) is 0 Å². The molecule has 2 aromatic rings. The van der Waals surface area contributed by atoms with Crippen molar-refractivity contribution in [1.82, 2.24) is 4.31 Å². The minimum atomic E-state index is -3.64. The van der Waals surface area contributed by atoms with Gasteiger partial charge in [-0.3, -0.25) is 0 Å². The van der Waals surface area contributed by atoms with Crippen LogP contribution in [-0.2, 0) is 10.0 Å². The van der Waals surface area contributed by atoms with Crippen LogP contribution in [0.4, 0.5) is 5.69 Å². The average Bonchev–Trinajstić information content (AvgIpc) is 2.46. The molecular weight excluding hydrogens is 284 g/mol. The Bertz CT molecular complexity index is 707. The fourth-order valence-electron chi connectivity index (χ4n) is 2.32. The van der Waals surface area contributed by atoms with Crippen molar-refractivity contribution in [3.63, 3.8) is 0 Å². The van der Waals surface area contributed by atoms with Crippen molar-refractivity contribution in [1.29, 1.82) is 0 Å². The lowest BCUT2D eigenvalue weighted by atomic mass is 10.1. The lowest BCUT2D eigenvalue weighted by Crippen LogP contribution is -2.30. The molecule has 0 saturated carbocycles. The predicted molar refractivity (Wildman–Crippen MR) is 85.4 cm³/mol. The van der Waals surface area contributed by atoms with Crippen molar-refractivity contribution in [2.24, 2.45) is 0 Å². The molecule has 1 unspecified atom stereocenters. The van der Waals surface area contributed by atoms with Gasteiger partial charge in [-0.15, -0.1) is 0 Å². The molecule has 0 fully saturated rings. The van der Waals surface area contributed by atoms with Crippen molar-refractivity contribution in [2.45, 2.75) is 24.8 Å². The lowest BCUT2D eigenvalue weighted by Gasteiger charge is -2.26. The lowest BCUT2D eigenvalue weighted by molar-refractivity contribution is 0.398. The third-order valence-electron chi connectivity index (χ3n) is 3.71. The maximum atomic E-state index is 12.8. The van der Waals surface area contributed by atoms with E-state index in [0.29, 0.717) is 5.56 Å². The third-order valence-corrected chi connectivity index (χ3v) is 5.85. The van der Waals surface area contributed by atoms with Gasteiger partial charge < -0.3 is 5.73 Å². The van der Waals surface area contributed by atoms with Crippen LogP contribution >= 0.6 is 0 Å². The Balaban J connectivity index is 2.45. The summed E-state index contributed by atoms with van der Waals surface area (Å²) < 4.78 is 27.0. The molecule has 0 aliphatic carbocycles. The normalized spacial score (nSPS) is 13.3. The highest BCUT2D eigenvalue weighted by Crippen LogP contribution is 2.30. The van der Waals surface area contributed by atoms with E-state index in [1.165, 1.54) is 4.31 Å². The summed E-state index contributed by atoms with van der Waals surface area (Å²) in [6.45, 7) is 3.62. The van der Waals surface area contributed by atoms with Gasteiger partial charge in [-0.2, -0.15) is 4.31 Å². The molecule has 0 aliphatic heterocycles. The van der Waals surface area contributed by atoms with Gasteiger partial charge in [0, 0.05) is 13.1 Å². The van der Waals surface area contributed by atoms with E-state index >= 15 is 0 Å². The van der Waals surface area contributed by atoms with Crippen LogP contribution in [0.25, 0.3) is 0 Å². The summed E-state index contributed by atoms with van der Waals surface area (Å²) in [7, 11) is -2.06. The van der Waals surface area contributed by atoms with Gasteiger partial charge in [0.25, 0.3) is 0 Å². The molecule has 0 aliphatic rings. The molecule has 0 radical (unpaired) electrons. The number of nitrogen functional groups attached to an aromatic ring is 1. The SMILES string of the molecule is Cc1cccc(N)c1S(=O)(=O)N(C)C(C)c1ccccc1. The quantitative estimate of drug-likeness (QED) is 0.883. The largest absolute Gasteiger partial charge is 0.398 e. The van der Waals surface area contributed by atoms with Gasteiger partial charge in [0.05, 0.1) is 5.69 Å². The van der Waals surface area contributed by atoms with Gasteiger partial charge in [0.15, 0.2) is 0 Å².